The molecule has 0 fully saturated rings. The van der Waals surface area contributed by atoms with Crippen molar-refractivity contribution in [2.45, 2.75) is 6.92 Å². The number of aryl methyl sites for hydroxylation is 1. The van der Waals surface area contributed by atoms with Gasteiger partial charge in [0.15, 0.2) is 5.78 Å². The Morgan fingerprint density at radius 1 is 1.16 bits per heavy atom. The Bertz CT molecular complexity index is 671. The van der Waals surface area contributed by atoms with Crippen LogP contribution in [0.3, 0.4) is 0 Å². The molecule has 0 saturated heterocycles. The lowest BCUT2D eigenvalue weighted by Crippen LogP contribution is -2.05. The molecule has 0 heterocycles. The fraction of sp³-hybridized carbons (Fsp3) is 0.0714. The van der Waals surface area contributed by atoms with Crippen LogP contribution in [0.15, 0.2) is 34.8 Å². The van der Waals surface area contributed by atoms with E-state index in [9.17, 15) is 13.6 Å². The molecule has 0 radical (unpaired) electrons. The first-order chi connectivity index (χ1) is 8.90. The Morgan fingerprint density at radius 2 is 1.84 bits per heavy atom. The minimum absolute atomic E-state index is 0.0318. The largest absolute Gasteiger partial charge is 0.289 e. The molecule has 0 aromatic heterocycles. The van der Waals surface area contributed by atoms with Crippen molar-refractivity contribution in [1.29, 1.82) is 0 Å². The molecular weight excluding hydrogens is 338 g/mol. The standard InChI is InChI=1S/C14H8BrClF2O/c1-7-4-10(12(16)6-13(7)18)14(19)9-3-2-8(17)5-11(9)15/h2-6H,1H3. The Morgan fingerprint density at radius 3 is 2.47 bits per heavy atom. The van der Waals surface area contributed by atoms with Crippen LogP contribution in [0.25, 0.3) is 0 Å². The van der Waals surface area contributed by atoms with Crippen LogP contribution < -0.4 is 0 Å². The van der Waals surface area contributed by atoms with Gasteiger partial charge in [0.1, 0.15) is 11.6 Å². The van der Waals surface area contributed by atoms with E-state index in [1.54, 1.807) is 6.92 Å². The predicted molar refractivity (Wildman–Crippen MR) is 73.7 cm³/mol. The fourth-order valence-corrected chi connectivity index (χ4v) is 2.42. The van der Waals surface area contributed by atoms with Gasteiger partial charge in [0.2, 0.25) is 0 Å². The summed E-state index contributed by atoms with van der Waals surface area (Å²) in [4.78, 5) is 12.3. The number of halogens is 4. The van der Waals surface area contributed by atoms with Crippen LogP contribution in [-0.4, -0.2) is 5.78 Å². The predicted octanol–water partition coefficient (Wildman–Crippen LogP) is 4.92. The van der Waals surface area contributed by atoms with Gasteiger partial charge in [0.25, 0.3) is 0 Å². The van der Waals surface area contributed by atoms with Crippen LogP contribution in [0.1, 0.15) is 21.5 Å². The van der Waals surface area contributed by atoms with Gasteiger partial charge in [-0.15, -0.1) is 0 Å². The van der Waals surface area contributed by atoms with E-state index in [4.69, 9.17) is 11.6 Å². The molecule has 0 bridgehead atoms. The number of rotatable bonds is 2. The average Bonchev–Trinajstić information content (AvgIpc) is 2.33. The van der Waals surface area contributed by atoms with Crippen molar-refractivity contribution in [3.8, 4) is 0 Å². The van der Waals surface area contributed by atoms with Crippen LogP contribution in [0.4, 0.5) is 8.78 Å². The third kappa shape index (κ3) is 2.85. The third-order valence-electron chi connectivity index (χ3n) is 2.67. The Kier molecular flexibility index (Phi) is 4.02. The average molecular weight is 346 g/mol. The van der Waals surface area contributed by atoms with Crippen molar-refractivity contribution >= 4 is 33.3 Å². The number of carbonyl (C=O) groups excluding carboxylic acids is 1. The van der Waals surface area contributed by atoms with Crippen molar-refractivity contribution in [2.24, 2.45) is 0 Å². The molecule has 0 unspecified atom stereocenters. The van der Waals surface area contributed by atoms with Gasteiger partial charge in [-0.25, -0.2) is 8.78 Å². The fourth-order valence-electron chi connectivity index (χ4n) is 1.65. The molecule has 2 aromatic carbocycles. The molecule has 0 amide bonds. The highest BCUT2D eigenvalue weighted by atomic mass is 79.9. The zero-order valence-corrected chi connectivity index (χ0v) is 12.1. The number of hydrogen-bond donors (Lipinski definition) is 0. The summed E-state index contributed by atoms with van der Waals surface area (Å²) in [5.41, 5.74) is 0.785. The minimum Gasteiger partial charge on any atom is -0.289 e. The quantitative estimate of drug-likeness (QED) is 0.706. The lowest BCUT2D eigenvalue weighted by Gasteiger charge is -2.07. The van der Waals surface area contributed by atoms with Crippen LogP contribution in [0.5, 0.6) is 0 Å². The lowest BCUT2D eigenvalue weighted by molar-refractivity contribution is 0.103. The van der Waals surface area contributed by atoms with Crippen LogP contribution in [0.2, 0.25) is 5.02 Å². The number of carbonyl (C=O) groups is 1. The Hall–Kier alpha value is -1.26. The van der Waals surface area contributed by atoms with Gasteiger partial charge in [-0.2, -0.15) is 0 Å². The van der Waals surface area contributed by atoms with Crippen molar-refractivity contribution in [1.82, 2.24) is 0 Å². The van der Waals surface area contributed by atoms with Gasteiger partial charge < -0.3 is 0 Å². The van der Waals surface area contributed by atoms with Crippen molar-refractivity contribution in [3.63, 3.8) is 0 Å². The molecule has 0 aliphatic carbocycles. The maximum atomic E-state index is 13.3. The van der Waals surface area contributed by atoms with Gasteiger partial charge in [-0.1, -0.05) is 11.6 Å². The lowest BCUT2D eigenvalue weighted by atomic mass is 10.0. The summed E-state index contributed by atoms with van der Waals surface area (Å²) in [6, 6.07) is 6.22. The summed E-state index contributed by atoms with van der Waals surface area (Å²) in [6.45, 7) is 1.54. The molecule has 0 spiro atoms. The van der Waals surface area contributed by atoms with E-state index in [-0.39, 0.29) is 21.9 Å². The van der Waals surface area contributed by atoms with Gasteiger partial charge in [-0.3, -0.25) is 4.79 Å². The van der Waals surface area contributed by atoms with Gasteiger partial charge in [-0.05, 0) is 58.7 Å². The van der Waals surface area contributed by atoms with Gasteiger partial charge in [0.05, 0.1) is 5.02 Å². The minimum atomic E-state index is -0.472. The van der Waals surface area contributed by atoms with E-state index in [0.717, 1.165) is 6.07 Å². The molecule has 98 valence electrons. The van der Waals surface area contributed by atoms with E-state index in [1.165, 1.54) is 24.3 Å². The van der Waals surface area contributed by atoms with Crippen molar-refractivity contribution in [3.05, 3.63) is 68.2 Å². The summed E-state index contributed by atoms with van der Waals surface area (Å²) in [7, 11) is 0. The van der Waals surface area contributed by atoms with Gasteiger partial charge in [0, 0.05) is 15.6 Å². The number of hydrogen-bond acceptors (Lipinski definition) is 1. The molecular formula is C14H8BrClF2O. The van der Waals surface area contributed by atoms with E-state index >= 15 is 0 Å². The second-order valence-corrected chi connectivity index (χ2v) is 5.30. The molecule has 0 aliphatic heterocycles. The van der Waals surface area contributed by atoms with Crippen molar-refractivity contribution in [2.75, 3.05) is 0 Å². The van der Waals surface area contributed by atoms with Crippen LogP contribution >= 0.6 is 27.5 Å². The normalized spacial score (nSPS) is 10.6. The van der Waals surface area contributed by atoms with E-state index in [1.807, 2.05) is 0 Å². The van der Waals surface area contributed by atoms with E-state index in [0.29, 0.717) is 10.0 Å². The Balaban J connectivity index is 2.53. The highest BCUT2D eigenvalue weighted by Crippen LogP contribution is 2.26. The topological polar surface area (TPSA) is 17.1 Å². The first-order valence-corrected chi connectivity index (χ1v) is 6.52. The summed E-state index contributed by atoms with van der Waals surface area (Å²) < 4.78 is 26.6. The molecule has 0 atom stereocenters. The highest BCUT2D eigenvalue weighted by Gasteiger charge is 2.17. The number of benzene rings is 2. The second-order valence-electron chi connectivity index (χ2n) is 4.03. The summed E-state index contributed by atoms with van der Waals surface area (Å²) in [5, 5.41) is 0.0318. The zero-order valence-electron chi connectivity index (χ0n) is 9.81. The smallest absolute Gasteiger partial charge is 0.195 e. The molecule has 0 aliphatic rings. The van der Waals surface area contributed by atoms with Crippen LogP contribution in [-0.2, 0) is 0 Å². The molecule has 5 heteroatoms. The maximum absolute atomic E-state index is 13.3. The van der Waals surface area contributed by atoms with Crippen LogP contribution in [0, 0.1) is 18.6 Å². The summed E-state index contributed by atoms with van der Waals surface area (Å²) >= 11 is 9.00. The third-order valence-corrected chi connectivity index (χ3v) is 3.64. The van der Waals surface area contributed by atoms with Gasteiger partial charge >= 0.3 is 0 Å². The highest BCUT2D eigenvalue weighted by molar-refractivity contribution is 9.10. The molecule has 2 aromatic rings. The van der Waals surface area contributed by atoms with Crippen molar-refractivity contribution < 1.29 is 13.6 Å². The molecule has 19 heavy (non-hydrogen) atoms. The van der Waals surface area contributed by atoms with E-state index < -0.39 is 11.6 Å². The summed E-state index contributed by atoms with van der Waals surface area (Å²) in [5.74, 6) is -1.32. The van der Waals surface area contributed by atoms with E-state index in [2.05, 4.69) is 15.9 Å². The summed E-state index contributed by atoms with van der Waals surface area (Å²) in [6.07, 6.45) is 0. The number of ketones is 1. The SMILES string of the molecule is Cc1cc(C(=O)c2ccc(F)cc2Br)c(Cl)cc1F. The zero-order chi connectivity index (χ0) is 14.2. The molecule has 2 rings (SSSR count). The second kappa shape index (κ2) is 5.39. The monoisotopic (exact) mass is 344 g/mol. The Labute approximate surface area is 122 Å². The molecule has 0 saturated carbocycles. The maximum Gasteiger partial charge on any atom is 0.195 e. The first-order valence-electron chi connectivity index (χ1n) is 5.35. The first kappa shape index (κ1) is 14.2. The molecule has 1 nitrogen and oxygen atoms in total. The molecule has 0 N–H and O–H groups in total.